The SMILES string of the molecule is CC1CC(C)N(c2ccc(C(C)N)cc2Br)C1. The van der Waals surface area contributed by atoms with Gasteiger partial charge in [-0.15, -0.1) is 0 Å². The zero-order valence-corrected chi connectivity index (χ0v) is 12.4. The first-order chi connectivity index (χ1) is 7.99. The molecule has 0 bridgehead atoms. The maximum absolute atomic E-state index is 5.90. The van der Waals surface area contributed by atoms with Crippen LogP contribution in [0.15, 0.2) is 22.7 Å². The highest BCUT2D eigenvalue weighted by atomic mass is 79.9. The van der Waals surface area contributed by atoms with Crippen molar-refractivity contribution in [2.75, 3.05) is 11.4 Å². The van der Waals surface area contributed by atoms with Crippen LogP contribution >= 0.6 is 15.9 Å². The van der Waals surface area contributed by atoms with E-state index in [-0.39, 0.29) is 6.04 Å². The molecule has 1 fully saturated rings. The molecule has 2 nitrogen and oxygen atoms in total. The number of nitrogens with zero attached hydrogens (tertiary/aromatic N) is 1. The maximum Gasteiger partial charge on any atom is 0.0513 e. The van der Waals surface area contributed by atoms with Crippen molar-refractivity contribution in [2.24, 2.45) is 11.7 Å². The van der Waals surface area contributed by atoms with E-state index in [4.69, 9.17) is 5.73 Å². The number of nitrogens with two attached hydrogens (primary N) is 1. The molecule has 3 heteroatoms. The molecule has 94 valence electrons. The highest BCUT2D eigenvalue weighted by Gasteiger charge is 2.27. The number of hydrogen-bond donors (Lipinski definition) is 1. The average molecular weight is 297 g/mol. The maximum atomic E-state index is 5.90. The standard InChI is InChI=1S/C14H21BrN2/c1-9-6-10(2)17(8-9)14-5-4-12(11(3)16)7-13(14)15/h4-5,7,9-11H,6,8,16H2,1-3H3. The normalized spacial score (nSPS) is 26.3. The van der Waals surface area contributed by atoms with Crippen molar-refractivity contribution in [2.45, 2.75) is 39.3 Å². The van der Waals surface area contributed by atoms with Crippen molar-refractivity contribution in [3.05, 3.63) is 28.2 Å². The molecule has 0 aromatic heterocycles. The molecule has 0 amide bonds. The third-order valence-electron chi connectivity index (χ3n) is 3.59. The largest absolute Gasteiger partial charge is 0.368 e. The number of halogens is 1. The van der Waals surface area contributed by atoms with Gasteiger partial charge in [-0.3, -0.25) is 0 Å². The quantitative estimate of drug-likeness (QED) is 0.902. The molecule has 1 heterocycles. The second-order valence-electron chi connectivity index (χ2n) is 5.34. The first kappa shape index (κ1) is 12.9. The third-order valence-corrected chi connectivity index (χ3v) is 4.23. The predicted molar refractivity (Wildman–Crippen MR) is 77.3 cm³/mol. The van der Waals surface area contributed by atoms with E-state index in [1.54, 1.807) is 0 Å². The van der Waals surface area contributed by atoms with Gasteiger partial charge in [0, 0.05) is 23.1 Å². The van der Waals surface area contributed by atoms with Crippen LogP contribution < -0.4 is 10.6 Å². The lowest BCUT2D eigenvalue weighted by atomic mass is 10.1. The smallest absolute Gasteiger partial charge is 0.0513 e. The summed E-state index contributed by atoms with van der Waals surface area (Å²) in [6.07, 6.45) is 1.28. The molecule has 0 radical (unpaired) electrons. The van der Waals surface area contributed by atoms with Crippen molar-refractivity contribution >= 4 is 21.6 Å². The Morgan fingerprint density at radius 3 is 2.59 bits per heavy atom. The Kier molecular flexibility index (Phi) is 3.79. The van der Waals surface area contributed by atoms with Gasteiger partial charge in [0.1, 0.15) is 0 Å². The van der Waals surface area contributed by atoms with E-state index in [0.29, 0.717) is 6.04 Å². The Morgan fingerprint density at radius 2 is 2.12 bits per heavy atom. The summed E-state index contributed by atoms with van der Waals surface area (Å²) < 4.78 is 1.16. The lowest BCUT2D eigenvalue weighted by Crippen LogP contribution is -2.27. The molecule has 0 spiro atoms. The number of benzene rings is 1. The fourth-order valence-corrected chi connectivity index (χ4v) is 3.30. The van der Waals surface area contributed by atoms with Crippen LogP contribution in [-0.4, -0.2) is 12.6 Å². The summed E-state index contributed by atoms with van der Waals surface area (Å²) in [4.78, 5) is 2.49. The monoisotopic (exact) mass is 296 g/mol. The molecule has 2 N–H and O–H groups in total. The summed E-state index contributed by atoms with van der Waals surface area (Å²) in [6, 6.07) is 7.20. The minimum Gasteiger partial charge on any atom is -0.368 e. The Morgan fingerprint density at radius 1 is 1.41 bits per heavy atom. The molecule has 1 saturated heterocycles. The van der Waals surface area contributed by atoms with Gasteiger partial charge in [0.05, 0.1) is 5.69 Å². The summed E-state index contributed by atoms with van der Waals surface area (Å²) in [7, 11) is 0. The molecule has 0 saturated carbocycles. The lowest BCUT2D eigenvalue weighted by Gasteiger charge is -2.25. The van der Waals surface area contributed by atoms with E-state index in [9.17, 15) is 0 Å². The van der Waals surface area contributed by atoms with E-state index in [1.165, 1.54) is 17.7 Å². The molecule has 17 heavy (non-hydrogen) atoms. The number of hydrogen-bond acceptors (Lipinski definition) is 2. The van der Waals surface area contributed by atoms with E-state index < -0.39 is 0 Å². The summed E-state index contributed by atoms with van der Waals surface area (Å²) in [5, 5.41) is 0. The van der Waals surface area contributed by atoms with Crippen LogP contribution in [0.1, 0.15) is 38.8 Å². The Labute approximate surface area is 112 Å². The summed E-state index contributed by atoms with van der Waals surface area (Å²) in [5.74, 6) is 0.782. The second-order valence-corrected chi connectivity index (χ2v) is 6.20. The summed E-state index contributed by atoms with van der Waals surface area (Å²) >= 11 is 3.68. The van der Waals surface area contributed by atoms with Crippen LogP contribution in [0.2, 0.25) is 0 Å². The second kappa shape index (κ2) is 4.99. The molecule has 1 aromatic carbocycles. The van der Waals surface area contributed by atoms with Crippen LogP contribution in [0.25, 0.3) is 0 Å². The fraction of sp³-hybridized carbons (Fsp3) is 0.571. The molecule has 2 rings (SSSR count). The van der Waals surface area contributed by atoms with E-state index in [2.05, 4.69) is 52.9 Å². The van der Waals surface area contributed by atoms with Crippen molar-refractivity contribution < 1.29 is 0 Å². The van der Waals surface area contributed by atoms with E-state index >= 15 is 0 Å². The summed E-state index contributed by atoms with van der Waals surface area (Å²) in [6.45, 7) is 7.79. The first-order valence-corrected chi connectivity index (χ1v) is 7.10. The Bertz CT molecular complexity index is 403. The van der Waals surface area contributed by atoms with Crippen LogP contribution in [-0.2, 0) is 0 Å². The summed E-state index contributed by atoms with van der Waals surface area (Å²) in [5.41, 5.74) is 8.38. The van der Waals surface area contributed by atoms with Gasteiger partial charge < -0.3 is 10.6 Å². The minimum absolute atomic E-state index is 0.0928. The van der Waals surface area contributed by atoms with Crippen LogP contribution in [0.3, 0.4) is 0 Å². The van der Waals surface area contributed by atoms with Gasteiger partial charge in [-0.25, -0.2) is 0 Å². The highest BCUT2D eigenvalue weighted by Crippen LogP contribution is 2.35. The Hall–Kier alpha value is -0.540. The van der Waals surface area contributed by atoms with E-state index in [1.807, 2.05) is 6.92 Å². The molecule has 1 aliphatic heterocycles. The lowest BCUT2D eigenvalue weighted by molar-refractivity contribution is 0.625. The van der Waals surface area contributed by atoms with Gasteiger partial charge in [0.25, 0.3) is 0 Å². The molecule has 3 unspecified atom stereocenters. The van der Waals surface area contributed by atoms with Crippen LogP contribution in [0.4, 0.5) is 5.69 Å². The fourth-order valence-electron chi connectivity index (χ4n) is 2.67. The molecule has 3 atom stereocenters. The van der Waals surface area contributed by atoms with Crippen LogP contribution in [0.5, 0.6) is 0 Å². The van der Waals surface area contributed by atoms with Gasteiger partial charge in [-0.05, 0) is 59.8 Å². The van der Waals surface area contributed by atoms with Crippen molar-refractivity contribution in [3.8, 4) is 0 Å². The minimum atomic E-state index is 0.0928. The van der Waals surface area contributed by atoms with Gasteiger partial charge in [0.15, 0.2) is 0 Å². The molecular formula is C14H21BrN2. The van der Waals surface area contributed by atoms with Gasteiger partial charge in [-0.2, -0.15) is 0 Å². The highest BCUT2D eigenvalue weighted by molar-refractivity contribution is 9.10. The molecule has 1 aromatic rings. The van der Waals surface area contributed by atoms with Gasteiger partial charge in [0.2, 0.25) is 0 Å². The third kappa shape index (κ3) is 2.66. The van der Waals surface area contributed by atoms with E-state index in [0.717, 1.165) is 16.9 Å². The Balaban J connectivity index is 2.28. The van der Waals surface area contributed by atoms with Crippen LogP contribution in [0, 0.1) is 5.92 Å². The zero-order chi connectivity index (χ0) is 12.6. The number of rotatable bonds is 2. The average Bonchev–Trinajstić information content (AvgIpc) is 2.57. The van der Waals surface area contributed by atoms with Crippen molar-refractivity contribution in [3.63, 3.8) is 0 Å². The number of anilines is 1. The van der Waals surface area contributed by atoms with Crippen molar-refractivity contribution in [1.82, 2.24) is 0 Å². The molecular weight excluding hydrogens is 276 g/mol. The first-order valence-electron chi connectivity index (χ1n) is 6.30. The topological polar surface area (TPSA) is 29.3 Å². The predicted octanol–water partition coefficient (Wildman–Crippen LogP) is 3.70. The molecule has 0 aliphatic carbocycles. The van der Waals surface area contributed by atoms with Gasteiger partial charge >= 0.3 is 0 Å². The van der Waals surface area contributed by atoms with Gasteiger partial charge in [-0.1, -0.05) is 13.0 Å². The van der Waals surface area contributed by atoms with Crippen molar-refractivity contribution in [1.29, 1.82) is 0 Å². The molecule has 1 aliphatic rings. The zero-order valence-electron chi connectivity index (χ0n) is 10.8.